The second kappa shape index (κ2) is 7.85. The molecule has 0 aliphatic heterocycles. The molecule has 0 bridgehead atoms. The fourth-order valence-corrected chi connectivity index (χ4v) is 1.92. The quantitative estimate of drug-likeness (QED) is 0.455. The van der Waals surface area contributed by atoms with Crippen LogP contribution in [-0.2, 0) is 11.3 Å². The van der Waals surface area contributed by atoms with Crippen molar-refractivity contribution in [1.82, 2.24) is 10.6 Å². The number of nitrogens with one attached hydrogen (secondary N) is 2. The Bertz CT molecular complexity index is 466. The van der Waals surface area contributed by atoms with E-state index in [-0.39, 0.29) is 11.6 Å². The number of nitrogens with zero attached hydrogens (tertiary/aromatic N) is 1. The smallest absolute Gasteiger partial charge is 0.275 e. The summed E-state index contributed by atoms with van der Waals surface area (Å²) in [5.41, 5.74) is 0.670. The molecule has 0 heterocycles. The van der Waals surface area contributed by atoms with Crippen molar-refractivity contribution in [3.63, 3.8) is 0 Å². The number of nitro groups is 1. The maximum atomic E-state index is 11.2. The van der Waals surface area contributed by atoms with Crippen molar-refractivity contribution in [3.8, 4) is 0 Å². The van der Waals surface area contributed by atoms with Gasteiger partial charge < -0.3 is 10.6 Å². The number of benzene rings is 1. The summed E-state index contributed by atoms with van der Waals surface area (Å²) < 4.78 is 0.672. The standard InChI is InChI=1S/C12H16BrN3O3/c1-2-15-12(17)5-6-14-8-9-3-4-10(13)7-11(9)16(18)19/h3-4,7,14H,2,5-6,8H2,1H3,(H,15,17). The molecule has 2 N–H and O–H groups in total. The fourth-order valence-electron chi connectivity index (χ4n) is 1.57. The summed E-state index contributed by atoms with van der Waals surface area (Å²) in [4.78, 5) is 21.7. The van der Waals surface area contributed by atoms with Gasteiger partial charge in [0.15, 0.2) is 0 Å². The van der Waals surface area contributed by atoms with E-state index in [2.05, 4.69) is 26.6 Å². The number of hydrogen-bond acceptors (Lipinski definition) is 4. The number of hydrogen-bond donors (Lipinski definition) is 2. The third kappa shape index (κ3) is 5.35. The molecule has 1 aromatic rings. The van der Waals surface area contributed by atoms with Crippen LogP contribution in [0.5, 0.6) is 0 Å². The summed E-state index contributed by atoms with van der Waals surface area (Å²) in [5.74, 6) is -0.0275. The Morgan fingerprint density at radius 2 is 2.21 bits per heavy atom. The molecule has 1 rings (SSSR count). The van der Waals surface area contributed by atoms with Crippen molar-refractivity contribution in [3.05, 3.63) is 38.3 Å². The van der Waals surface area contributed by atoms with Crippen LogP contribution in [0.4, 0.5) is 5.69 Å². The molecule has 19 heavy (non-hydrogen) atoms. The molecule has 0 aromatic heterocycles. The first-order chi connectivity index (χ1) is 9.04. The topological polar surface area (TPSA) is 84.3 Å². The van der Waals surface area contributed by atoms with E-state index in [4.69, 9.17) is 0 Å². The Morgan fingerprint density at radius 3 is 2.84 bits per heavy atom. The van der Waals surface area contributed by atoms with E-state index in [1.807, 2.05) is 6.92 Å². The van der Waals surface area contributed by atoms with E-state index >= 15 is 0 Å². The molecule has 0 saturated carbocycles. The molecule has 104 valence electrons. The average molecular weight is 330 g/mol. The van der Waals surface area contributed by atoms with E-state index in [9.17, 15) is 14.9 Å². The van der Waals surface area contributed by atoms with Gasteiger partial charge in [0, 0.05) is 42.2 Å². The second-order valence-electron chi connectivity index (χ2n) is 3.91. The lowest BCUT2D eigenvalue weighted by molar-refractivity contribution is -0.385. The zero-order valence-corrected chi connectivity index (χ0v) is 12.2. The van der Waals surface area contributed by atoms with Gasteiger partial charge in [0.2, 0.25) is 5.91 Å². The van der Waals surface area contributed by atoms with Crippen LogP contribution in [0.25, 0.3) is 0 Å². The molecule has 0 aliphatic carbocycles. The number of amides is 1. The van der Waals surface area contributed by atoms with Crippen LogP contribution in [-0.4, -0.2) is 23.9 Å². The zero-order chi connectivity index (χ0) is 14.3. The SMILES string of the molecule is CCNC(=O)CCNCc1ccc(Br)cc1[N+](=O)[O-]. The van der Waals surface area contributed by atoms with E-state index in [1.165, 1.54) is 6.07 Å². The molecule has 0 spiro atoms. The molecule has 0 unspecified atom stereocenters. The van der Waals surface area contributed by atoms with Gasteiger partial charge in [0.1, 0.15) is 0 Å². The number of carbonyl (C=O) groups is 1. The monoisotopic (exact) mass is 329 g/mol. The van der Waals surface area contributed by atoms with Crippen molar-refractivity contribution in [2.45, 2.75) is 19.9 Å². The lowest BCUT2D eigenvalue weighted by Crippen LogP contribution is -2.27. The van der Waals surface area contributed by atoms with Crippen LogP contribution in [0.2, 0.25) is 0 Å². The predicted octanol–water partition coefficient (Wildman–Crippen LogP) is 1.97. The van der Waals surface area contributed by atoms with Gasteiger partial charge in [-0.25, -0.2) is 0 Å². The van der Waals surface area contributed by atoms with Gasteiger partial charge in [-0.3, -0.25) is 14.9 Å². The molecular weight excluding hydrogens is 314 g/mol. The van der Waals surface area contributed by atoms with Crippen LogP contribution in [0, 0.1) is 10.1 Å². The third-order valence-electron chi connectivity index (χ3n) is 2.46. The van der Waals surface area contributed by atoms with Gasteiger partial charge in [-0.1, -0.05) is 15.9 Å². The van der Waals surface area contributed by atoms with E-state index < -0.39 is 4.92 Å². The highest BCUT2D eigenvalue weighted by Crippen LogP contribution is 2.23. The Hall–Kier alpha value is -1.47. The lowest BCUT2D eigenvalue weighted by atomic mass is 10.2. The van der Waals surface area contributed by atoms with Crippen LogP contribution in [0.15, 0.2) is 22.7 Å². The molecule has 1 amide bonds. The lowest BCUT2D eigenvalue weighted by Gasteiger charge is -2.06. The summed E-state index contributed by atoms with van der Waals surface area (Å²) in [6.07, 6.45) is 0.359. The van der Waals surface area contributed by atoms with Crippen molar-refractivity contribution in [2.24, 2.45) is 0 Å². The minimum Gasteiger partial charge on any atom is -0.356 e. The van der Waals surface area contributed by atoms with Gasteiger partial charge >= 0.3 is 0 Å². The van der Waals surface area contributed by atoms with Gasteiger partial charge in [-0.15, -0.1) is 0 Å². The van der Waals surface area contributed by atoms with Gasteiger partial charge in [-0.2, -0.15) is 0 Å². The van der Waals surface area contributed by atoms with Crippen molar-refractivity contribution in [2.75, 3.05) is 13.1 Å². The average Bonchev–Trinajstić information content (AvgIpc) is 2.36. The molecular formula is C12H16BrN3O3. The molecule has 6 nitrogen and oxygen atoms in total. The Kier molecular flexibility index (Phi) is 6.44. The first-order valence-corrected chi connectivity index (χ1v) is 6.74. The number of nitro benzene ring substituents is 1. The normalized spacial score (nSPS) is 10.2. The summed E-state index contributed by atoms with van der Waals surface area (Å²) in [7, 11) is 0. The molecule has 0 saturated heterocycles. The highest BCUT2D eigenvalue weighted by molar-refractivity contribution is 9.10. The van der Waals surface area contributed by atoms with Crippen molar-refractivity contribution >= 4 is 27.5 Å². The molecule has 1 aromatic carbocycles. The maximum absolute atomic E-state index is 11.2. The zero-order valence-electron chi connectivity index (χ0n) is 10.6. The van der Waals surface area contributed by atoms with Crippen LogP contribution >= 0.6 is 15.9 Å². The number of rotatable bonds is 7. The van der Waals surface area contributed by atoms with Crippen LogP contribution < -0.4 is 10.6 Å². The van der Waals surface area contributed by atoms with E-state index in [0.717, 1.165) is 0 Å². The molecule has 0 radical (unpaired) electrons. The molecule has 0 atom stereocenters. The van der Waals surface area contributed by atoms with Gasteiger partial charge in [-0.05, 0) is 19.1 Å². The summed E-state index contributed by atoms with van der Waals surface area (Å²) in [6.45, 7) is 3.32. The fraction of sp³-hybridized carbons (Fsp3) is 0.417. The molecule has 0 fully saturated rings. The minimum atomic E-state index is -0.411. The second-order valence-corrected chi connectivity index (χ2v) is 4.83. The van der Waals surface area contributed by atoms with E-state index in [0.29, 0.717) is 36.1 Å². The first kappa shape index (κ1) is 15.6. The van der Waals surface area contributed by atoms with E-state index in [1.54, 1.807) is 12.1 Å². The summed E-state index contributed by atoms with van der Waals surface area (Å²) in [5, 5.41) is 16.6. The molecule has 0 aliphatic rings. The summed E-state index contributed by atoms with van der Waals surface area (Å²) >= 11 is 3.20. The van der Waals surface area contributed by atoms with Crippen molar-refractivity contribution < 1.29 is 9.72 Å². The number of halogens is 1. The Balaban J connectivity index is 2.49. The summed E-state index contributed by atoms with van der Waals surface area (Å²) in [6, 6.07) is 4.93. The van der Waals surface area contributed by atoms with Crippen LogP contribution in [0.3, 0.4) is 0 Å². The third-order valence-corrected chi connectivity index (χ3v) is 2.96. The predicted molar refractivity (Wildman–Crippen MR) is 75.8 cm³/mol. The highest BCUT2D eigenvalue weighted by atomic mass is 79.9. The molecule has 7 heteroatoms. The first-order valence-electron chi connectivity index (χ1n) is 5.94. The Morgan fingerprint density at radius 1 is 1.47 bits per heavy atom. The van der Waals surface area contributed by atoms with Gasteiger partial charge in [0.05, 0.1) is 4.92 Å². The Labute approximate surface area is 119 Å². The highest BCUT2D eigenvalue weighted by Gasteiger charge is 2.13. The minimum absolute atomic E-state index is 0.0275. The number of carbonyl (C=O) groups excluding carboxylic acids is 1. The largest absolute Gasteiger partial charge is 0.356 e. The van der Waals surface area contributed by atoms with Crippen molar-refractivity contribution in [1.29, 1.82) is 0 Å². The maximum Gasteiger partial charge on any atom is 0.275 e. The van der Waals surface area contributed by atoms with Gasteiger partial charge in [0.25, 0.3) is 5.69 Å². The van der Waals surface area contributed by atoms with Crippen LogP contribution in [0.1, 0.15) is 18.9 Å².